The van der Waals surface area contributed by atoms with Crippen molar-refractivity contribution in [3.05, 3.63) is 0 Å². The first-order valence-corrected chi connectivity index (χ1v) is 52.6. The summed E-state index contributed by atoms with van der Waals surface area (Å²) < 4.78 is 78.8. The predicted octanol–water partition coefficient (Wildman–Crippen LogP) is 18.1. The number of esters is 4. The fourth-order valence-electron chi connectivity index (χ4n) is 16.6. The zero-order chi connectivity index (χ0) is 90.4. The highest BCUT2D eigenvalue weighted by atomic mass is 31.2. The van der Waals surface area contributed by atoms with Crippen molar-refractivity contribution in [3.8, 4) is 0 Å². The number of amides is 2. The maximum atomic E-state index is 15.1. The van der Waals surface area contributed by atoms with Crippen LogP contribution in [0.2, 0.25) is 0 Å². The summed E-state index contributed by atoms with van der Waals surface area (Å²) >= 11 is 0. The molecule has 2 amide bonds. The van der Waals surface area contributed by atoms with Crippen LogP contribution in [0.1, 0.15) is 465 Å². The van der Waals surface area contributed by atoms with Crippen LogP contribution in [0.3, 0.4) is 0 Å². The van der Waals surface area contributed by atoms with Gasteiger partial charge in [0.15, 0.2) is 24.8 Å². The molecule has 0 aliphatic carbocycles. The predicted molar refractivity (Wildman–Crippen MR) is 472 cm³/mol. The smallest absolute Gasteiger partial charge is 0.310 e. The van der Waals surface area contributed by atoms with Crippen LogP contribution in [-0.4, -0.2) is 155 Å². The van der Waals surface area contributed by atoms with E-state index in [9.17, 15) is 73.1 Å². The Morgan fingerprint density at radius 2 is 0.634 bits per heavy atom. The number of ether oxygens (including phenoxy) is 7. The molecule has 2 aliphatic rings. The van der Waals surface area contributed by atoms with Crippen LogP contribution in [0.15, 0.2) is 0 Å². The lowest BCUT2D eigenvalue weighted by Crippen LogP contribution is -2.68. The Hall–Kier alpha value is -3.24. The third-order valence-electron chi connectivity index (χ3n) is 23.8. The molecule has 2 saturated heterocycles. The van der Waals surface area contributed by atoms with Gasteiger partial charge < -0.3 is 102 Å². The number of hydrogen-bond donors (Lipinski definition) is 6. The number of carbonyl (C=O) groups is 6. The second kappa shape index (κ2) is 75.4. The maximum absolute atomic E-state index is 15.1. The van der Waals surface area contributed by atoms with Gasteiger partial charge in [0, 0.05) is 12.8 Å². The number of unbranched alkanes of at least 4 members (excludes halogenated alkanes) is 50. The highest BCUT2D eigenvalue weighted by Crippen LogP contribution is 2.39. The molecular weight excluding hydrogens is 1620 g/mol. The average molecular weight is 1790 g/mol. The minimum atomic E-state index is -6.20. The lowest BCUT2D eigenvalue weighted by atomic mass is 9.95. The molecule has 724 valence electrons. The molecule has 2 fully saturated rings. The Labute approximate surface area is 742 Å². The Kier molecular flexibility index (Phi) is 71.0. The van der Waals surface area contributed by atoms with Crippen molar-refractivity contribution in [3.63, 3.8) is 0 Å². The van der Waals surface area contributed by atoms with Crippen LogP contribution in [0.5, 0.6) is 0 Å². The molecule has 0 bridgehead atoms. The molecule has 0 aromatic rings. The number of aliphatic hydroxyl groups is 4. The van der Waals surface area contributed by atoms with Gasteiger partial charge in [0.1, 0.15) is 48.7 Å². The number of phosphoric acid groups is 2. The van der Waals surface area contributed by atoms with Crippen molar-refractivity contribution in [2.75, 3.05) is 13.2 Å². The van der Waals surface area contributed by atoms with E-state index in [1.165, 1.54) is 51.4 Å². The molecule has 0 aromatic carbocycles. The molecule has 2 rings (SSSR count). The summed E-state index contributed by atoms with van der Waals surface area (Å²) in [6.07, 6.45) is 32.2. The highest BCUT2D eigenvalue weighted by Gasteiger charge is 2.54. The summed E-state index contributed by atoms with van der Waals surface area (Å²) in [5, 5.41) is 51.2. The summed E-state index contributed by atoms with van der Waals surface area (Å²) in [4.78, 5) is 138. The molecule has 27 nitrogen and oxygen atoms in total. The third-order valence-corrected chi connectivity index (χ3v) is 24.8. The van der Waals surface area contributed by atoms with Gasteiger partial charge in [-0.15, -0.1) is 0 Å². The standard InChI is InChI=1S/C94H178N2O25P2/c1-7-13-19-25-31-37-38-44-50-56-62-68-84(103)115-78(66-60-54-48-42-35-29-23-17-11-5)72-86(105)119-92-88(96-82(101)71-77(65-59-53-47-41-34-28-22-16-10-4)114-83(102)67-61-55-49-43-36-30-24-18-12-6)93(116-79(73-97)90(92)120-122(107,108)109)113-74-80-89(106)91(118-85(104)70-76(99)64-58-52-46-40-33-27-21-15-9-3)87(94(117-80)121-123(110,111)112)95-81(100)69-75(98)63-57-51-45-39-32-26-20-14-8-2/h75-80,87-94,97-99,106H,7-74H2,1-6H3,(H,95,100)(H,96,101)(H2,107,108,109)(H2,110,111,112)/p-4/t75-,76-,77-,78-,79-,80-,87-,88-,89-,90-,91-,92-,93-,94-/m1/s1. The first-order chi connectivity index (χ1) is 59.3. The van der Waals surface area contributed by atoms with E-state index < -0.39 is 176 Å². The quantitative estimate of drug-likeness (QED) is 0.0142. The summed E-state index contributed by atoms with van der Waals surface area (Å²) in [5.41, 5.74) is 0. The van der Waals surface area contributed by atoms with Gasteiger partial charge in [-0.2, -0.15) is 0 Å². The molecule has 2 aliphatic heterocycles. The van der Waals surface area contributed by atoms with E-state index in [0.29, 0.717) is 38.5 Å². The molecular formula is C94H174N2O25P2-4. The van der Waals surface area contributed by atoms with E-state index in [-0.39, 0.29) is 38.5 Å². The highest BCUT2D eigenvalue weighted by molar-refractivity contribution is 7.43. The van der Waals surface area contributed by atoms with Gasteiger partial charge in [0.2, 0.25) is 11.8 Å². The summed E-state index contributed by atoms with van der Waals surface area (Å²) in [6, 6.07) is -4.03. The molecule has 6 N–H and O–H groups in total. The van der Waals surface area contributed by atoms with Gasteiger partial charge in [-0.3, -0.25) is 28.8 Å². The van der Waals surface area contributed by atoms with Gasteiger partial charge in [0.05, 0.1) is 66.8 Å². The molecule has 0 aromatic heterocycles. The fourth-order valence-corrected chi connectivity index (χ4v) is 17.6. The van der Waals surface area contributed by atoms with Gasteiger partial charge in [0.25, 0.3) is 0 Å². The normalized spacial score (nSPS) is 20.4. The van der Waals surface area contributed by atoms with Gasteiger partial charge in [-0.05, 0) is 51.4 Å². The zero-order valence-corrected chi connectivity index (χ0v) is 79.2. The molecule has 0 saturated carbocycles. The Morgan fingerprint density at radius 3 is 0.992 bits per heavy atom. The molecule has 14 atom stereocenters. The van der Waals surface area contributed by atoms with E-state index in [1.807, 2.05) is 0 Å². The first kappa shape index (κ1) is 116. The molecule has 0 spiro atoms. The minimum absolute atomic E-state index is 0.0580. The van der Waals surface area contributed by atoms with Crippen LogP contribution in [-0.2, 0) is 80.1 Å². The number of nitrogens with one attached hydrogen (secondary N) is 2. The summed E-state index contributed by atoms with van der Waals surface area (Å²) in [5.74, 6) is -5.28. The molecule has 2 heterocycles. The third kappa shape index (κ3) is 61.9. The Morgan fingerprint density at radius 1 is 0.341 bits per heavy atom. The summed E-state index contributed by atoms with van der Waals surface area (Å²) in [6.45, 7) is 10.7. The second-order valence-electron chi connectivity index (χ2n) is 35.4. The van der Waals surface area contributed by atoms with Crippen molar-refractivity contribution in [1.82, 2.24) is 10.6 Å². The lowest BCUT2D eigenvalue weighted by molar-refractivity contribution is -0.364. The van der Waals surface area contributed by atoms with Crippen molar-refractivity contribution in [2.45, 2.75) is 551 Å². The monoisotopic (exact) mass is 1790 g/mol. The first-order valence-electron chi connectivity index (χ1n) is 49.7. The van der Waals surface area contributed by atoms with Crippen molar-refractivity contribution in [1.29, 1.82) is 0 Å². The van der Waals surface area contributed by atoms with E-state index in [1.54, 1.807) is 0 Å². The largest absolute Gasteiger partial charge is 0.790 e. The van der Waals surface area contributed by atoms with Crippen molar-refractivity contribution >= 4 is 51.3 Å². The minimum Gasteiger partial charge on any atom is -0.790 e. The number of phosphoric ester groups is 2. The molecule has 0 unspecified atom stereocenters. The maximum Gasteiger partial charge on any atom is 0.310 e. The molecule has 29 heteroatoms. The van der Waals surface area contributed by atoms with E-state index in [0.717, 1.165) is 270 Å². The SMILES string of the molecule is CCCCCCCCCCCCCC(=O)O[C@H](CCCCCCCCCCC)CC(=O)O[C@@H]1[C@@H](NC(=O)C[C@@H](CCCCCCCCCCC)OC(=O)CCCCCCCCCCC)[C@H](OC[C@H]2O[C@H](OP(=O)([O-])[O-])[C@H](NC(=O)C[C@H](O)CCCCCCCCCCC)[C@@H](OC(=O)C[C@H](O)CCCCCCCCCCC)[C@@H]2O)O[C@H](CO)[C@H]1OP(=O)([O-])[O-]. The molecule has 123 heavy (non-hydrogen) atoms. The number of carbonyl (C=O) groups excluding carboxylic acids is 6. The van der Waals surface area contributed by atoms with Crippen molar-refractivity contribution < 1.29 is 120 Å². The average Bonchev–Trinajstić information content (AvgIpc) is 0.778. The van der Waals surface area contributed by atoms with E-state index >= 15 is 4.79 Å². The van der Waals surface area contributed by atoms with E-state index in [2.05, 4.69) is 52.2 Å². The number of rotatable bonds is 84. The number of aliphatic hydroxyl groups excluding tert-OH is 4. The topological polar surface area (TPSA) is 417 Å². The second-order valence-corrected chi connectivity index (χ2v) is 37.6. The van der Waals surface area contributed by atoms with Gasteiger partial charge >= 0.3 is 23.9 Å². The van der Waals surface area contributed by atoms with Crippen LogP contribution in [0.25, 0.3) is 0 Å². The van der Waals surface area contributed by atoms with E-state index in [4.69, 9.17) is 42.2 Å². The molecule has 0 radical (unpaired) electrons. The lowest BCUT2D eigenvalue weighted by Gasteiger charge is -2.49. The van der Waals surface area contributed by atoms with Gasteiger partial charge in [-0.1, -0.05) is 375 Å². The Balaban J connectivity index is 2.84. The summed E-state index contributed by atoms with van der Waals surface area (Å²) in [7, 11) is -12.4. The van der Waals surface area contributed by atoms with Crippen LogP contribution in [0.4, 0.5) is 0 Å². The number of hydrogen-bond acceptors (Lipinski definition) is 25. The van der Waals surface area contributed by atoms with Crippen LogP contribution >= 0.6 is 15.6 Å². The fraction of sp³-hybridized carbons (Fsp3) is 0.936. The zero-order valence-electron chi connectivity index (χ0n) is 77.4. The Bertz CT molecular complexity index is 2710. The van der Waals surface area contributed by atoms with Crippen molar-refractivity contribution in [2.24, 2.45) is 0 Å². The van der Waals surface area contributed by atoms with Gasteiger partial charge in [-0.25, -0.2) is 0 Å². The van der Waals surface area contributed by atoms with Crippen LogP contribution < -0.4 is 30.2 Å². The van der Waals surface area contributed by atoms with Crippen LogP contribution in [0, 0.1) is 0 Å².